The largest absolute Gasteiger partial charge is 0.539 e. The van der Waals surface area contributed by atoms with Gasteiger partial charge in [-0.1, -0.05) is 4.68 Å². The molecule has 0 aliphatic heterocycles. The number of aliphatic hydroxyl groups excluding tert-OH is 1. The highest BCUT2D eigenvalue weighted by Crippen LogP contribution is 2.19. The molecule has 1 aromatic carbocycles. The maximum absolute atomic E-state index is 10.7. The second kappa shape index (κ2) is 5.44. The number of aryl methyl sites for hydroxylation is 1. The minimum Gasteiger partial charge on any atom is -0.539 e. The first-order chi connectivity index (χ1) is 9.06. The molecule has 8 heteroatoms. The van der Waals surface area contributed by atoms with Crippen molar-refractivity contribution in [1.29, 1.82) is 0 Å². The standard InChI is InChI=1S/C11H11N3O5/c15-10(5-6-13-7-11(16)19-12-13)8-1-3-9(4-2-8)14(17)18/h1-4,7,10,15H,5-6H2. The Morgan fingerprint density at radius 1 is 1.42 bits per heavy atom. The summed E-state index contributed by atoms with van der Waals surface area (Å²) in [5, 5.41) is 34.6. The van der Waals surface area contributed by atoms with Crippen LogP contribution in [0, 0.1) is 10.1 Å². The van der Waals surface area contributed by atoms with E-state index < -0.39 is 17.0 Å². The zero-order valence-corrected chi connectivity index (χ0v) is 9.80. The van der Waals surface area contributed by atoms with E-state index in [2.05, 4.69) is 9.79 Å². The highest BCUT2D eigenvalue weighted by Gasteiger charge is 2.13. The maximum atomic E-state index is 10.7. The lowest BCUT2D eigenvalue weighted by atomic mass is 10.1. The van der Waals surface area contributed by atoms with E-state index >= 15 is 0 Å². The fraction of sp³-hybridized carbons (Fsp3) is 0.273. The number of aliphatic hydroxyl groups is 1. The molecule has 0 aliphatic rings. The van der Waals surface area contributed by atoms with E-state index in [0.717, 1.165) is 0 Å². The monoisotopic (exact) mass is 265 g/mol. The predicted molar refractivity (Wildman–Crippen MR) is 58.8 cm³/mol. The van der Waals surface area contributed by atoms with Crippen LogP contribution in [0.15, 0.2) is 35.0 Å². The van der Waals surface area contributed by atoms with Gasteiger partial charge in [0.25, 0.3) is 5.69 Å². The maximum Gasteiger partial charge on any atom is 0.269 e. The fourth-order valence-electron chi connectivity index (χ4n) is 1.61. The Morgan fingerprint density at radius 2 is 2.11 bits per heavy atom. The summed E-state index contributed by atoms with van der Waals surface area (Å²) in [5.41, 5.74) is 0.537. The molecule has 1 heterocycles. The van der Waals surface area contributed by atoms with Crippen LogP contribution in [0.5, 0.6) is 5.95 Å². The molecule has 0 saturated carbocycles. The third-order valence-corrected chi connectivity index (χ3v) is 2.61. The molecule has 0 bridgehead atoms. The summed E-state index contributed by atoms with van der Waals surface area (Å²) >= 11 is 0. The lowest BCUT2D eigenvalue weighted by Crippen LogP contribution is -2.35. The Hall–Kier alpha value is -2.48. The normalized spacial score (nSPS) is 12.3. The van der Waals surface area contributed by atoms with Gasteiger partial charge in [-0.05, 0) is 17.7 Å². The van der Waals surface area contributed by atoms with Crippen molar-refractivity contribution in [2.24, 2.45) is 0 Å². The van der Waals surface area contributed by atoms with Crippen molar-refractivity contribution in [2.45, 2.75) is 19.1 Å². The Morgan fingerprint density at radius 3 is 2.63 bits per heavy atom. The minimum absolute atomic E-state index is 0.0298. The van der Waals surface area contributed by atoms with Crippen molar-refractivity contribution < 1.29 is 24.3 Å². The van der Waals surface area contributed by atoms with Gasteiger partial charge in [-0.15, -0.1) is 0 Å². The highest BCUT2D eigenvalue weighted by molar-refractivity contribution is 5.33. The molecule has 8 nitrogen and oxygen atoms in total. The summed E-state index contributed by atoms with van der Waals surface area (Å²) < 4.78 is 5.63. The first-order valence-electron chi connectivity index (χ1n) is 5.52. The van der Waals surface area contributed by atoms with Gasteiger partial charge < -0.3 is 14.7 Å². The van der Waals surface area contributed by atoms with Gasteiger partial charge in [0.15, 0.2) is 6.54 Å². The predicted octanol–water partition coefficient (Wildman–Crippen LogP) is 0.0676. The van der Waals surface area contributed by atoms with Gasteiger partial charge in [0.05, 0.1) is 16.3 Å². The number of hydrogen-bond acceptors (Lipinski definition) is 6. The molecule has 0 amide bonds. The van der Waals surface area contributed by atoms with Crippen molar-refractivity contribution in [2.75, 3.05) is 0 Å². The SMILES string of the molecule is O=[N+]([O-])c1ccc(C(O)CC[n+]2cc([O-])on2)cc1. The van der Waals surface area contributed by atoms with E-state index in [1.807, 2.05) is 0 Å². The molecule has 1 unspecified atom stereocenters. The number of benzene rings is 1. The van der Waals surface area contributed by atoms with Gasteiger partial charge in [-0.25, -0.2) is 0 Å². The minimum atomic E-state index is -0.792. The zero-order valence-electron chi connectivity index (χ0n) is 9.80. The molecule has 2 aromatic rings. The molecule has 1 N–H and O–H groups in total. The van der Waals surface area contributed by atoms with Gasteiger partial charge in [0, 0.05) is 18.6 Å². The van der Waals surface area contributed by atoms with Crippen LogP contribution in [0.25, 0.3) is 0 Å². The third kappa shape index (κ3) is 3.26. The lowest BCUT2D eigenvalue weighted by Gasteiger charge is -2.07. The molecule has 2 rings (SSSR count). The van der Waals surface area contributed by atoms with Gasteiger partial charge in [0.1, 0.15) is 5.95 Å². The Labute approximate surface area is 107 Å². The van der Waals surface area contributed by atoms with Gasteiger partial charge in [-0.2, -0.15) is 0 Å². The molecule has 0 aliphatic carbocycles. The number of nitro benzene ring substituents is 1. The van der Waals surface area contributed by atoms with E-state index in [4.69, 9.17) is 0 Å². The lowest BCUT2D eigenvalue weighted by molar-refractivity contribution is -0.763. The van der Waals surface area contributed by atoms with Gasteiger partial charge >= 0.3 is 0 Å². The molecule has 1 atom stereocenters. The summed E-state index contributed by atoms with van der Waals surface area (Å²) in [6.45, 7) is 0.309. The fourth-order valence-corrected chi connectivity index (χ4v) is 1.61. The Bertz CT molecular complexity index is 566. The summed E-state index contributed by atoms with van der Waals surface area (Å²) in [5.74, 6) is -0.551. The summed E-state index contributed by atoms with van der Waals surface area (Å²) in [6, 6.07) is 5.65. The smallest absolute Gasteiger partial charge is 0.269 e. The summed E-state index contributed by atoms with van der Waals surface area (Å²) in [7, 11) is 0. The number of rotatable bonds is 5. The number of hydrogen-bond donors (Lipinski definition) is 1. The van der Waals surface area contributed by atoms with Gasteiger partial charge in [-0.3, -0.25) is 10.1 Å². The van der Waals surface area contributed by atoms with E-state index in [-0.39, 0.29) is 5.69 Å². The van der Waals surface area contributed by atoms with Crippen molar-refractivity contribution in [3.63, 3.8) is 0 Å². The molecule has 1 aromatic heterocycles. The summed E-state index contributed by atoms with van der Waals surface area (Å²) in [6.07, 6.45) is 0.705. The van der Waals surface area contributed by atoms with Crippen LogP contribution in [0.4, 0.5) is 5.69 Å². The number of nitro groups is 1. The van der Waals surface area contributed by atoms with Crippen LogP contribution >= 0.6 is 0 Å². The van der Waals surface area contributed by atoms with Crippen LogP contribution in [0.3, 0.4) is 0 Å². The Kier molecular flexibility index (Phi) is 3.71. The first kappa shape index (κ1) is 13.0. The molecule has 0 radical (unpaired) electrons. The Balaban J connectivity index is 1.95. The highest BCUT2D eigenvalue weighted by atomic mass is 16.6. The van der Waals surface area contributed by atoms with Crippen LogP contribution in [-0.2, 0) is 6.54 Å². The van der Waals surface area contributed by atoms with Crippen LogP contribution in [0.1, 0.15) is 18.1 Å². The second-order valence-electron chi connectivity index (χ2n) is 3.94. The molecule has 0 saturated heterocycles. The molecule has 100 valence electrons. The molecule has 0 fully saturated rings. The van der Waals surface area contributed by atoms with Crippen molar-refractivity contribution in [3.8, 4) is 5.95 Å². The average molecular weight is 265 g/mol. The van der Waals surface area contributed by atoms with Crippen LogP contribution < -0.4 is 9.79 Å². The quantitative estimate of drug-likeness (QED) is 0.464. The molecular formula is C11H11N3O5. The average Bonchev–Trinajstić information content (AvgIpc) is 2.82. The number of aromatic nitrogens is 2. The van der Waals surface area contributed by atoms with E-state index in [1.165, 1.54) is 35.1 Å². The van der Waals surface area contributed by atoms with Crippen LogP contribution in [-0.4, -0.2) is 15.3 Å². The number of nitrogens with zero attached hydrogens (tertiary/aromatic N) is 3. The zero-order chi connectivity index (χ0) is 13.8. The van der Waals surface area contributed by atoms with Crippen molar-refractivity contribution in [3.05, 3.63) is 46.1 Å². The van der Waals surface area contributed by atoms with Gasteiger partial charge in [0.2, 0.25) is 6.20 Å². The van der Waals surface area contributed by atoms with E-state index in [0.29, 0.717) is 18.5 Å². The van der Waals surface area contributed by atoms with E-state index in [9.17, 15) is 20.3 Å². The first-order valence-corrected chi connectivity index (χ1v) is 5.52. The van der Waals surface area contributed by atoms with Crippen molar-refractivity contribution >= 4 is 5.69 Å². The molecule has 19 heavy (non-hydrogen) atoms. The summed E-state index contributed by atoms with van der Waals surface area (Å²) in [4.78, 5) is 9.98. The van der Waals surface area contributed by atoms with E-state index in [1.54, 1.807) is 0 Å². The molecular weight excluding hydrogens is 254 g/mol. The second-order valence-corrected chi connectivity index (χ2v) is 3.94. The van der Waals surface area contributed by atoms with Crippen LogP contribution in [0.2, 0.25) is 0 Å². The molecule has 0 spiro atoms. The van der Waals surface area contributed by atoms with Crippen molar-refractivity contribution in [1.82, 2.24) is 5.27 Å². The third-order valence-electron chi connectivity index (χ3n) is 2.61. The topological polar surface area (TPSA) is 116 Å². The number of non-ortho nitro benzene ring substituents is 1.